The lowest BCUT2D eigenvalue weighted by Crippen LogP contribution is -2.59. The van der Waals surface area contributed by atoms with E-state index in [2.05, 4.69) is 20.8 Å². The van der Waals surface area contributed by atoms with Gasteiger partial charge in [0.15, 0.2) is 28.5 Å². The highest BCUT2D eigenvalue weighted by atomic mass is 32.2. The second-order valence-corrected chi connectivity index (χ2v) is 25.3. The molecule has 0 bridgehead atoms. The zero-order chi connectivity index (χ0) is 33.1. The number of carbonyl (C=O) groups excluding carboxylic acids is 1. The van der Waals surface area contributed by atoms with E-state index < -0.39 is 74.6 Å². The van der Waals surface area contributed by atoms with Gasteiger partial charge in [-0.3, -0.25) is 14.2 Å². The Kier molecular flexibility index (Phi) is 9.36. The molecule has 0 aromatic carbocycles. The Labute approximate surface area is 255 Å². The van der Waals surface area contributed by atoms with Crippen LogP contribution in [0.25, 0.3) is 0 Å². The molecule has 0 radical (unpaired) electrons. The molecule has 0 unspecified atom stereocenters. The average molecular weight is 662 g/mol. The second-order valence-electron chi connectivity index (χ2n) is 14.3. The molecular formula is C27H47N3O10SSi2. The Morgan fingerprint density at radius 2 is 1.63 bits per heavy atom. The molecule has 2 N–H and O–H groups in total. The van der Waals surface area contributed by atoms with Gasteiger partial charge in [0, 0.05) is 11.8 Å². The molecule has 0 saturated carbocycles. The summed E-state index contributed by atoms with van der Waals surface area (Å²) in [7, 11) is -8.26. The van der Waals surface area contributed by atoms with Crippen molar-refractivity contribution in [2.45, 2.75) is 115 Å². The molecule has 1 aromatic rings. The first-order chi connectivity index (χ1) is 19.3. The van der Waals surface area contributed by atoms with E-state index in [1.54, 1.807) is 0 Å². The molecule has 2 aliphatic heterocycles. The van der Waals surface area contributed by atoms with Gasteiger partial charge >= 0.3 is 11.7 Å². The third-order valence-corrected chi connectivity index (χ3v) is 19.2. The quantitative estimate of drug-likeness (QED) is 0.247. The highest BCUT2D eigenvalue weighted by Crippen LogP contribution is 2.52. The minimum Gasteiger partial charge on any atom is -0.468 e. The number of esters is 1. The predicted molar refractivity (Wildman–Crippen MR) is 166 cm³/mol. The summed E-state index contributed by atoms with van der Waals surface area (Å²) < 4.78 is 58.1. The molecule has 0 amide bonds. The lowest BCUT2D eigenvalue weighted by Gasteiger charge is -2.43. The Hall–Kier alpha value is -2.09. The van der Waals surface area contributed by atoms with Gasteiger partial charge in [-0.15, -0.1) is 0 Å². The first kappa shape index (κ1) is 35.4. The van der Waals surface area contributed by atoms with Gasteiger partial charge in [-0.1, -0.05) is 41.5 Å². The highest BCUT2D eigenvalue weighted by Gasteiger charge is 2.67. The average Bonchev–Trinajstić information content (AvgIpc) is 3.27. The number of rotatable bonds is 8. The van der Waals surface area contributed by atoms with Crippen LogP contribution in [-0.2, 0) is 44.0 Å². The predicted octanol–water partition coefficient (Wildman–Crippen LogP) is 2.70. The van der Waals surface area contributed by atoms with Crippen LogP contribution < -0.4 is 17.0 Å². The van der Waals surface area contributed by atoms with Gasteiger partial charge in [-0.05, 0) is 43.2 Å². The number of carbonyl (C=O) groups is 1. The molecule has 1 fully saturated rings. The van der Waals surface area contributed by atoms with E-state index in [1.165, 1.54) is 13.1 Å². The molecule has 16 heteroatoms. The summed E-state index contributed by atoms with van der Waals surface area (Å²) in [6.45, 7) is 21.0. The molecule has 0 aliphatic carbocycles. The van der Waals surface area contributed by atoms with E-state index in [1.807, 2.05) is 47.0 Å². The van der Waals surface area contributed by atoms with Crippen molar-refractivity contribution in [2.24, 2.45) is 5.73 Å². The molecule has 244 valence electrons. The van der Waals surface area contributed by atoms with E-state index in [0.29, 0.717) is 0 Å². The smallest absolute Gasteiger partial charge is 0.333 e. The van der Waals surface area contributed by atoms with Crippen molar-refractivity contribution in [1.29, 1.82) is 0 Å². The largest absolute Gasteiger partial charge is 0.468 e. The van der Waals surface area contributed by atoms with Crippen molar-refractivity contribution in [3.63, 3.8) is 0 Å². The van der Waals surface area contributed by atoms with Crippen LogP contribution in [-0.4, -0.2) is 71.7 Å². The van der Waals surface area contributed by atoms with Crippen molar-refractivity contribution < 1.29 is 35.7 Å². The van der Waals surface area contributed by atoms with Gasteiger partial charge in [-0.2, -0.15) is 8.42 Å². The van der Waals surface area contributed by atoms with Crippen LogP contribution in [0.2, 0.25) is 36.3 Å². The molecule has 3 heterocycles. The molecule has 1 saturated heterocycles. The molecule has 1 spiro atoms. The minimum atomic E-state index is -4.26. The molecular weight excluding hydrogens is 615 g/mol. The van der Waals surface area contributed by atoms with Gasteiger partial charge < -0.3 is 24.1 Å². The van der Waals surface area contributed by atoms with Crippen molar-refractivity contribution in [3.8, 4) is 0 Å². The fourth-order valence-corrected chi connectivity index (χ4v) is 7.99. The molecule has 43 heavy (non-hydrogen) atoms. The normalized spacial score (nSPS) is 26.1. The SMILES string of the molecule is COC(=O)Cn1c(=O)c(C)cn([C@@H]2O[C@H](CO[Si](C)(C)C(C)(C)C)[C@@]3(OS(=O)(=O)C=C3N)[C@H]2O[Si](C)(C)C(C)(C)C)c1=O. The van der Waals surface area contributed by atoms with Crippen molar-refractivity contribution in [1.82, 2.24) is 9.13 Å². The molecule has 1 aromatic heterocycles. The van der Waals surface area contributed by atoms with Crippen LogP contribution in [0.1, 0.15) is 53.3 Å². The van der Waals surface area contributed by atoms with E-state index in [0.717, 1.165) is 21.7 Å². The van der Waals surface area contributed by atoms with Gasteiger partial charge in [0.2, 0.25) is 0 Å². The fraction of sp³-hybridized carbons (Fsp3) is 0.741. The number of methoxy groups -OCH3 is 1. The molecule has 4 atom stereocenters. The summed E-state index contributed by atoms with van der Waals surface area (Å²) in [5, 5.41) is 0.303. The van der Waals surface area contributed by atoms with Crippen LogP contribution in [0.5, 0.6) is 0 Å². The van der Waals surface area contributed by atoms with Crippen LogP contribution in [0, 0.1) is 6.92 Å². The lowest BCUT2D eigenvalue weighted by atomic mass is 9.89. The van der Waals surface area contributed by atoms with E-state index in [9.17, 15) is 22.8 Å². The molecule has 3 rings (SSSR count). The molecule has 2 aliphatic rings. The van der Waals surface area contributed by atoms with E-state index in [-0.39, 0.29) is 27.9 Å². The third-order valence-electron chi connectivity index (χ3n) is 9.23. The monoisotopic (exact) mass is 661 g/mol. The first-order valence-corrected chi connectivity index (χ1v) is 21.4. The number of aromatic nitrogens is 2. The van der Waals surface area contributed by atoms with Crippen molar-refractivity contribution in [2.75, 3.05) is 13.7 Å². The summed E-state index contributed by atoms with van der Waals surface area (Å²) in [5.74, 6) is -0.799. The van der Waals surface area contributed by atoms with E-state index >= 15 is 0 Å². The number of nitrogens with zero attached hydrogens (tertiary/aromatic N) is 2. The standard InChI is InChI=1S/C27H47N3O10SSi2/c1-17-13-30(24(33)29(22(17)32)14-20(31)36-8)23-21(39-43(11,12)26(5,6)7)27(18(28)16-41(34,35)40-27)19(38-23)15-37-42(9,10)25(2,3)4/h13,16,19,21,23H,14-15,28H2,1-12H3/t19-,21+,23-,27-/m1/s1. The fourth-order valence-electron chi connectivity index (χ4n) is 4.49. The minimum absolute atomic E-state index is 0.107. The first-order valence-electron chi connectivity index (χ1n) is 14.1. The summed E-state index contributed by atoms with van der Waals surface area (Å²) in [5.41, 5.74) is 3.05. The summed E-state index contributed by atoms with van der Waals surface area (Å²) in [4.78, 5) is 38.9. The van der Waals surface area contributed by atoms with Crippen LogP contribution in [0.3, 0.4) is 0 Å². The second kappa shape index (κ2) is 11.4. The van der Waals surface area contributed by atoms with Crippen LogP contribution in [0.15, 0.2) is 26.9 Å². The van der Waals surface area contributed by atoms with Gasteiger partial charge in [-0.25, -0.2) is 13.5 Å². The third kappa shape index (κ3) is 6.51. The Morgan fingerprint density at radius 3 is 2.09 bits per heavy atom. The summed E-state index contributed by atoms with van der Waals surface area (Å²) in [6.07, 6.45) is -2.38. The van der Waals surface area contributed by atoms with E-state index in [4.69, 9.17) is 28.2 Å². The van der Waals surface area contributed by atoms with Crippen LogP contribution >= 0.6 is 0 Å². The number of hydrogen-bond acceptors (Lipinski definition) is 11. The highest BCUT2D eigenvalue weighted by molar-refractivity contribution is 7.90. The van der Waals surface area contributed by atoms with Gasteiger partial charge in [0.1, 0.15) is 18.8 Å². The van der Waals surface area contributed by atoms with Crippen LogP contribution in [0.4, 0.5) is 0 Å². The maximum atomic E-state index is 13.8. The summed E-state index contributed by atoms with van der Waals surface area (Å²) >= 11 is 0. The maximum absolute atomic E-state index is 13.8. The molecule has 13 nitrogen and oxygen atoms in total. The van der Waals surface area contributed by atoms with Gasteiger partial charge in [0.05, 0.1) is 24.8 Å². The van der Waals surface area contributed by atoms with Crippen molar-refractivity contribution in [3.05, 3.63) is 43.7 Å². The number of nitrogens with two attached hydrogens (primary N) is 1. The Morgan fingerprint density at radius 1 is 1.07 bits per heavy atom. The zero-order valence-corrected chi connectivity index (χ0v) is 30.1. The summed E-state index contributed by atoms with van der Waals surface area (Å²) in [6, 6.07) is 0. The Bertz CT molecular complexity index is 1520. The maximum Gasteiger partial charge on any atom is 0.333 e. The van der Waals surface area contributed by atoms with Gasteiger partial charge in [0.25, 0.3) is 15.7 Å². The number of aryl methyl sites for hydroxylation is 1. The number of ether oxygens (including phenoxy) is 2. The Balaban J connectivity index is 2.31. The zero-order valence-electron chi connectivity index (χ0n) is 27.3. The number of hydrogen-bond donors (Lipinski definition) is 1. The van der Waals surface area contributed by atoms with Crippen molar-refractivity contribution >= 4 is 32.7 Å². The topological polar surface area (TPSA) is 167 Å². The lowest BCUT2D eigenvalue weighted by molar-refractivity contribution is -0.141.